The summed E-state index contributed by atoms with van der Waals surface area (Å²) in [4.78, 5) is 11.2. The molecule has 100 valence electrons. The topological polar surface area (TPSA) is 76.4 Å². The number of halogens is 1. The van der Waals surface area contributed by atoms with Crippen molar-refractivity contribution in [2.45, 2.75) is 0 Å². The fraction of sp³-hybridized carbons (Fsp3) is 0.417. The summed E-state index contributed by atoms with van der Waals surface area (Å²) in [5.41, 5.74) is 6.38. The number of hydrogen-bond acceptors (Lipinski definition) is 4. The van der Waals surface area contributed by atoms with Gasteiger partial charge in [0, 0.05) is 37.5 Å². The number of hydrogen-bond donors (Lipinski definition) is 3. The number of benzene rings is 1. The van der Waals surface area contributed by atoms with Crippen LogP contribution in [0.25, 0.3) is 0 Å². The maximum Gasteiger partial charge on any atom is 0.250 e. The highest BCUT2D eigenvalue weighted by molar-refractivity contribution is 6.31. The molecule has 0 heterocycles. The third-order valence-corrected chi connectivity index (χ3v) is 2.58. The number of nitrogens with one attached hydrogen (secondary N) is 2. The number of rotatable bonds is 8. The van der Waals surface area contributed by atoms with E-state index >= 15 is 0 Å². The Kier molecular flexibility index (Phi) is 6.49. The number of amides is 1. The zero-order valence-electron chi connectivity index (χ0n) is 10.3. The predicted octanol–water partition coefficient (Wildman–Crippen LogP) is 1.09. The van der Waals surface area contributed by atoms with E-state index in [1.165, 1.54) is 0 Å². The van der Waals surface area contributed by atoms with E-state index in [1.54, 1.807) is 25.3 Å². The van der Waals surface area contributed by atoms with Crippen LogP contribution in [-0.2, 0) is 4.74 Å². The summed E-state index contributed by atoms with van der Waals surface area (Å²) in [6.45, 7) is 2.92. The molecule has 1 aromatic rings. The molecule has 0 aliphatic rings. The summed E-state index contributed by atoms with van der Waals surface area (Å²) < 4.78 is 4.91. The first kappa shape index (κ1) is 14.8. The minimum Gasteiger partial charge on any atom is -0.383 e. The predicted molar refractivity (Wildman–Crippen MR) is 73.2 cm³/mol. The number of carbonyl (C=O) groups is 1. The van der Waals surface area contributed by atoms with Crippen LogP contribution < -0.4 is 16.4 Å². The first-order valence-corrected chi connectivity index (χ1v) is 6.06. The summed E-state index contributed by atoms with van der Waals surface area (Å²) in [6.07, 6.45) is 0. The van der Waals surface area contributed by atoms with Crippen molar-refractivity contribution < 1.29 is 9.53 Å². The summed E-state index contributed by atoms with van der Waals surface area (Å²) in [5.74, 6) is -0.493. The molecule has 18 heavy (non-hydrogen) atoms. The quantitative estimate of drug-likeness (QED) is 0.619. The molecular weight excluding hydrogens is 254 g/mol. The first-order chi connectivity index (χ1) is 8.65. The summed E-state index contributed by atoms with van der Waals surface area (Å²) in [7, 11) is 1.66. The van der Waals surface area contributed by atoms with E-state index in [2.05, 4.69) is 10.6 Å². The molecule has 0 spiro atoms. The van der Waals surface area contributed by atoms with Crippen molar-refractivity contribution in [1.29, 1.82) is 0 Å². The highest BCUT2D eigenvalue weighted by atomic mass is 35.5. The third kappa shape index (κ3) is 4.91. The van der Waals surface area contributed by atoms with E-state index in [4.69, 9.17) is 22.1 Å². The van der Waals surface area contributed by atoms with Gasteiger partial charge in [-0.1, -0.05) is 11.6 Å². The van der Waals surface area contributed by atoms with Gasteiger partial charge in [-0.05, 0) is 18.2 Å². The SMILES string of the molecule is COCCNCCNc1ccc(Cl)cc1C(N)=O. The van der Waals surface area contributed by atoms with E-state index in [0.717, 1.165) is 13.1 Å². The highest BCUT2D eigenvalue weighted by Crippen LogP contribution is 2.19. The number of methoxy groups -OCH3 is 1. The van der Waals surface area contributed by atoms with E-state index < -0.39 is 5.91 Å². The Morgan fingerprint density at radius 2 is 2.17 bits per heavy atom. The van der Waals surface area contributed by atoms with Crippen LogP contribution in [0.2, 0.25) is 5.02 Å². The van der Waals surface area contributed by atoms with E-state index in [0.29, 0.717) is 29.4 Å². The lowest BCUT2D eigenvalue weighted by Gasteiger charge is -2.11. The third-order valence-electron chi connectivity index (χ3n) is 2.35. The van der Waals surface area contributed by atoms with Crippen LogP contribution in [0, 0.1) is 0 Å². The molecule has 1 aromatic carbocycles. The molecule has 0 radical (unpaired) electrons. The molecule has 1 rings (SSSR count). The molecule has 0 unspecified atom stereocenters. The normalized spacial score (nSPS) is 10.3. The minimum atomic E-state index is -0.493. The molecule has 0 saturated heterocycles. The van der Waals surface area contributed by atoms with Gasteiger partial charge in [0.05, 0.1) is 12.2 Å². The molecule has 6 heteroatoms. The van der Waals surface area contributed by atoms with Gasteiger partial charge < -0.3 is 21.1 Å². The second-order valence-electron chi connectivity index (χ2n) is 3.72. The van der Waals surface area contributed by atoms with Gasteiger partial charge in [-0.25, -0.2) is 0 Å². The van der Waals surface area contributed by atoms with Crippen LogP contribution in [-0.4, -0.2) is 39.3 Å². The number of nitrogens with two attached hydrogens (primary N) is 1. The van der Waals surface area contributed by atoms with Crippen molar-refractivity contribution in [3.05, 3.63) is 28.8 Å². The standard InChI is InChI=1S/C12H18ClN3O2/c1-18-7-6-15-4-5-16-11-3-2-9(13)8-10(11)12(14)17/h2-3,8,15-16H,4-7H2,1H3,(H2,14,17). The Labute approximate surface area is 112 Å². The molecule has 0 aliphatic carbocycles. The molecule has 0 aliphatic heterocycles. The van der Waals surface area contributed by atoms with E-state index in [1.807, 2.05) is 0 Å². The molecular formula is C12H18ClN3O2. The molecule has 4 N–H and O–H groups in total. The zero-order valence-corrected chi connectivity index (χ0v) is 11.1. The molecule has 0 fully saturated rings. The molecule has 0 saturated carbocycles. The van der Waals surface area contributed by atoms with Crippen LogP contribution in [0.4, 0.5) is 5.69 Å². The average Bonchev–Trinajstić information content (AvgIpc) is 2.35. The minimum absolute atomic E-state index is 0.402. The van der Waals surface area contributed by atoms with Gasteiger partial charge in [-0.15, -0.1) is 0 Å². The van der Waals surface area contributed by atoms with Crippen molar-refractivity contribution in [2.24, 2.45) is 5.73 Å². The van der Waals surface area contributed by atoms with Crippen molar-refractivity contribution in [3.63, 3.8) is 0 Å². The van der Waals surface area contributed by atoms with Gasteiger partial charge in [-0.3, -0.25) is 4.79 Å². The molecule has 0 atom stereocenters. The van der Waals surface area contributed by atoms with Crippen LogP contribution in [0.5, 0.6) is 0 Å². The van der Waals surface area contributed by atoms with Crippen molar-refractivity contribution in [1.82, 2.24) is 5.32 Å². The number of anilines is 1. The van der Waals surface area contributed by atoms with Gasteiger partial charge >= 0.3 is 0 Å². The zero-order chi connectivity index (χ0) is 13.4. The fourth-order valence-corrected chi connectivity index (χ4v) is 1.63. The largest absolute Gasteiger partial charge is 0.383 e. The smallest absolute Gasteiger partial charge is 0.250 e. The number of primary amides is 1. The molecule has 0 bridgehead atoms. The Bertz CT molecular complexity index is 399. The average molecular weight is 272 g/mol. The molecule has 0 aromatic heterocycles. The van der Waals surface area contributed by atoms with Crippen molar-refractivity contribution in [2.75, 3.05) is 38.7 Å². The van der Waals surface area contributed by atoms with Crippen LogP contribution in [0.15, 0.2) is 18.2 Å². The van der Waals surface area contributed by atoms with Crippen molar-refractivity contribution in [3.8, 4) is 0 Å². The van der Waals surface area contributed by atoms with Gasteiger partial charge in [0.1, 0.15) is 0 Å². The Morgan fingerprint density at radius 3 is 2.83 bits per heavy atom. The van der Waals surface area contributed by atoms with Gasteiger partial charge in [0.25, 0.3) is 5.91 Å². The second-order valence-corrected chi connectivity index (χ2v) is 4.16. The first-order valence-electron chi connectivity index (χ1n) is 5.68. The Morgan fingerprint density at radius 1 is 1.39 bits per heavy atom. The lowest BCUT2D eigenvalue weighted by Crippen LogP contribution is -2.26. The molecule has 1 amide bonds. The lowest BCUT2D eigenvalue weighted by molar-refractivity contribution is 0.100. The van der Waals surface area contributed by atoms with E-state index in [-0.39, 0.29) is 0 Å². The summed E-state index contributed by atoms with van der Waals surface area (Å²) in [5, 5.41) is 6.82. The Hall–Kier alpha value is -1.30. The van der Waals surface area contributed by atoms with Crippen LogP contribution >= 0.6 is 11.6 Å². The molecule has 5 nitrogen and oxygen atoms in total. The fourth-order valence-electron chi connectivity index (χ4n) is 1.46. The second kappa shape index (κ2) is 7.92. The number of carbonyl (C=O) groups excluding carboxylic acids is 1. The van der Waals surface area contributed by atoms with Gasteiger partial charge in [-0.2, -0.15) is 0 Å². The Balaban J connectivity index is 2.44. The van der Waals surface area contributed by atoms with Crippen LogP contribution in [0.1, 0.15) is 10.4 Å². The van der Waals surface area contributed by atoms with Gasteiger partial charge in [0.2, 0.25) is 0 Å². The number of ether oxygens (including phenoxy) is 1. The summed E-state index contributed by atoms with van der Waals surface area (Å²) in [6, 6.07) is 5.02. The summed E-state index contributed by atoms with van der Waals surface area (Å²) >= 11 is 5.82. The lowest BCUT2D eigenvalue weighted by atomic mass is 10.1. The monoisotopic (exact) mass is 271 g/mol. The van der Waals surface area contributed by atoms with E-state index in [9.17, 15) is 4.79 Å². The van der Waals surface area contributed by atoms with Gasteiger partial charge in [0.15, 0.2) is 0 Å². The highest BCUT2D eigenvalue weighted by Gasteiger charge is 2.08. The van der Waals surface area contributed by atoms with Crippen LogP contribution in [0.3, 0.4) is 0 Å². The maximum absolute atomic E-state index is 11.2. The maximum atomic E-state index is 11.2. The van der Waals surface area contributed by atoms with Crippen molar-refractivity contribution >= 4 is 23.2 Å².